The summed E-state index contributed by atoms with van der Waals surface area (Å²) < 4.78 is 5.59. The molecule has 2 heterocycles. The van der Waals surface area contributed by atoms with Crippen molar-refractivity contribution in [2.24, 2.45) is 11.8 Å². The van der Waals surface area contributed by atoms with Gasteiger partial charge in [-0.3, -0.25) is 4.98 Å². The number of fused-ring (bicyclic) bond motifs is 2. The van der Waals surface area contributed by atoms with Crippen LogP contribution in [0.2, 0.25) is 0 Å². The van der Waals surface area contributed by atoms with E-state index in [-0.39, 0.29) is 0 Å². The Morgan fingerprint density at radius 1 is 1.16 bits per heavy atom. The third kappa shape index (κ3) is 1.66. The second-order valence-corrected chi connectivity index (χ2v) is 5.82. The molecule has 0 radical (unpaired) electrons. The highest BCUT2D eigenvalue weighted by Crippen LogP contribution is 2.54. The van der Waals surface area contributed by atoms with Crippen LogP contribution < -0.4 is 5.73 Å². The van der Waals surface area contributed by atoms with Crippen molar-refractivity contribution in [2.75, 3.05) is 5.73 Å². The van der Waals surface area contributed by atoms with E-state index in [4.69, 9.17) is 10.3 Å². The standard InChI is InChI=1S/C15H17N3O/c16-15-13(10-3-5-17-6-4-10)14(19-18-15)12-8-9-1-2-11(12)7-9/h3-6,9,11-12H,1-2,7-8H2,(H2,16,18). The monoisotopic (exact) mass is 255 g/mol. The number of rotatable bonds is 2. The molecule has 2 aliphatic rings. The van der Waals surface area contributed by atoms with Gasteiger partial charge in [-0.05, 0) is 48.8 Å². The summed E-state index contributed by atoms with van der Waals surface area (Å²) in [7, 11) is 0. The summed E-state index contributed by atoms with van der Waals surface area (Å²) in [6.45, 7) is 0. The van der Waals surface area contributed by atoms with Crippen molar-refractivity contribution in [3.8, 4) is 11.1 Å². The minimum atomic E-state index is 0.504. The topological polar surface area (TPSA) is 64.9 Å². The first-order valence-corrected chi connectivity index (χ1v) is 6.98. The number of nitrogen functional groups attached to an aromatic ring is 1. The average molecular weight is 255 g/mol. The summed E-state index contributed by atoms with van der Waals surface area (Å²) in [5.41, 5.74) is 8.06. The number of aromatic nitrogens is 2. The van der Waals surface area contributed by atoms with Crippen molar-refractivity contribution in [1.82, 2.24) is 10.1 Å². The predicted molar refractivity (Wildman–Crippen MR) is 72.3 cm³/mol. The van der Waals surface area contributed by atoms with Crippen molar-refractivity contribution in [3.05, 3.63) is 30.3 Å². The summed E-state index contributed by atoms with van der Waals surface area (Å²) in [6, 6.07) is 3.94. The maximum atomic E-state index is 6.01. The highest BCUT2D eigenvalue weighted by atomic mass is 16.5. The van der Waals surface area contributed by atoms with E-state index < -0.39 is 0 Å². The first-order valence-electron chi connectivity index (χ1n) is 6.98. The first-order chi connectivity index (χ1) is 9.33. The van der Waals surface area contributed by atoms with Crippen LogP contribution in [0.15, 0.2) is 29.0 Å². The van der Waals surface area contributed by atoms with Crippen molar-refractivity contribution >= 4 is 5.82 Å². The Labute approximate surface area is 112 Å². The molecule has 2 aliphatic carbocycles. The Kier molecular flexibility index (Phi) is 2.37. The number of hydrogen-bond donors (Lipinski definition) is 1. The van der Waals surface area contributed by atoms with Gasteiger partial charge in [-0.1, -0.05) is 11.6 Å². The Bertz CT molecular complexity index is 593. The first kappa shape index (κ1) is 11.0. The lowest BCUT2D eigenvalue weighted by Gasteiger charge is -2.19. The molecule has 4 rings (SSSR count). The highest BCUT2D eigenvalue weighted by molar-refractivity contribution is 5.75. The molecule has 3 unspecified atom stereocenters. The Morgan fingerprint density at radius 2 is 2.00 bits per heavy atom. The molecule has 0 spiro atoms. The smallest absolute Gasteiger partial charge is 0.175 e. The van der Waals surface area contributed by atoms with Crippen LogP contribution in [-0.2, 0) is 0 Å². The van der Waals surface area contributed by atoms with Gasteiger partial charge in [0.2, 0.25) is 0 Å². The number of anilines is 1. The average Bonchev–Trinajstić information content (AvgIpc) is 3.14. The van der Waals surface area contributed by atoms with Crippen LogP contribution in [-0.4, -0.2) is 10.1 Å². The van der Waals surface area contributed by atoms with Gasteiger partial charge in [-0.15, -0.1) is 0 Å². The second-order valence-electron chi connectivity index (χ2n) is 5.82. The number of nitrogens with zero attached hydrogens (tertiary/aromatic N) is 2. The summed E-state index contributed by atoms with van der Waals surface area (Å²) in [5, 5.41) is 4.00. The molecule has 2 aromatic heterocycles. The van der Waals surface area contributed by atoms with Crippen LogP contribution in [0.5, 0.6) is 0 Å². The summed E-state index contributed by atoms with van der Waals surface area (Å²) in [6.07, 6.45) is 8.86. The van der Waals surface area contributed by atoms with Crippen LogP contribution in [0.3, 0.4) is 0 Å². The van der Waals surface area contributed by atoms with E-state index >= 15 is 0 Å². The van der Waals surface area contributed by atoms with Gasteiger partial charge in [-0.2, -0.15) is 0 Å². The van der Waals surface area contributed by atoms with E-state index in [0.717, 1.165) is 28.7 Å². The van der Waals surface area contributed by atoms with Gasteiger partial charge in [0.1, 0.15) is 5.76 Å². The summed E-state index contributed by atoms with van der Waals surface area (Å²) >= 11 is 0. The molecule has 0 aliphatic heterocycles. The lowest BCUT2D eigenvalue weighted by molar-refractivity contribution is 0.312. The van der Waals surface area contributed by atoms with Crippen LogP contribution in [0.25, 0.3) is 11.1 Å². The molecule has 2 aromatic rings. The molecular formula is C15H17N3O. The van der Waals surface area contributed by atoms with Crippen LogP contribution in [0.4, 0.5) is 5.82 Å². The molecular weight excluding hydrogens is 238 g/mol. The van der Waals surface area contributed by atoms with E-state index in [2.05, 4.69) is 10.1 Å². The molecule has 0 amide bonds. The maximum Gasteiger partial charge on any atom is 0.175 e. The third-order valence-electron chi connectivity index (χ3n) is 4.79. The zero-order chi connectivity index (χ0) is 12.8. The van der Waals surface area contributed by atoms with Crippen LogP contribution in [0, 0.1) is 11.8 Å². The molecule has 4 nitrogen and oxygen atoms in total. The zero-order valence-electron chi connectivity index (χ0n) is 10.7. The van der Waals surface area contributed by atoms with Crippen molar-refractivity contribution < 1.29 is 4.52 Å². The fourth-order valence-electron chi connectivity index (χ4n) is 3.94. The van der Waals surface area contributed by atoms with Gasteiger partial charge in [0.25, 0.3) is 0 Å². The Balaban J connectivity index is 1.78. The molecule has 4 heteroatoms. The van der Waals surface area contributed by atoms with Gasteiger partial charge in [0, 0.05) is 18.3 Å². The summed E-state index contributed by atoms with van der Waals surface area (Å²) in [5.74, 6) is 3.65. The SMILES string of the molecule is Nc1noc(C2CC3CCC2C3)c1-c1ccncc1. The highest BCUT2D eigenvalue weighted by Gasteiger charge is 2.43. The predicted octanol–water partition coefficient (Wildman–Crippen LogP) is 3.22. The van der Waals surface area contributed by atoms with Crippen molar-refractivity contribution in [3.63, 3.8) is 0 Å². The van der Waals surface area contributed by atoms with Crippen LogP contribution >= 0.6 is 0 Å². The lowest BCUT2D eigenvalue weighted by atomic mass is 9.84. The molecule has 3 atom stereocenters. The van der Waals surface area contributed by atoms with E-state index in [1.807, 2.05) is 12.1 Å². The number of pyridine rings is 1. The van der Waals surface area contributed by atoms with E-state index in [1.54, 1.807) is 12.4 Å². The fraction of sp³-hybridized carbons (Fsp3) is 0.467. The van der Waals surface area contributed by atoms with Gasteiger partial charge in [-0.25, -0.2) is 0 Å². The van der Waals surface area contributed by atoms with E-state index in [9.17, 15) is 0 Å². The van der Waals surface area contributed by atoms with Crippen molar-refractivity contribution in [1.29, 1.82) is 0 Å². The number of nitrogens with two attached hydrogens (primary N) is 1. The molecule has 2 fully saturated rings. The second kappa shape index (κ2) is 4.08. The summed E-state index contributed by atoms with van der Waals surface area (Å²) in [4.78, 5) is 4.06. The maximum absolute atomic E-state index is 6.01. The zero-order valence-corrected chi connectivity index (χ0v) is 10.7. The van der Waals surface area contributed by atoms with Gasteiger partial charge < -0.3 is 10.3 Å². The minimum Gasteiger partial charge on any atom is -0.380 e. The van der Waals surface area contributed by atoms with Gasteiger partial charge >= 0.3 is 0 Å². The van der Waals surface area contributed by atoms with E-state index in [0.29, 0.717) is 11.7 Å². The molecule has 2 bridgehead atoms. The quantitative estimate of drug-likeness (QED) is 0.894. The number of hydrogen-bond acceptors (Lipinski definition) is 4. The molecule has 0 aromatic carbocycles. The van der Waals surface area contributed by atoms with Crippen molar-refractivity contribution in [2.45, 2.75) is 31.6 Å². The molecule has 0 saturated heterocycles. The third-order valence-corrected chi connectivity index (χ3v) is 4.79. The molecule has 2 N–H and O–H groups in total. The van der Waals surface area contributed by atoms with E-state index in [1.165, 1.54) is 25.7 Å². The fourth-order valence-corrected chi connectivity index (χ4v) is 3.94. The van der Waals surface area contributed by atoms with Gasteiger partial charge in [0.15, 0.2) is 5.82 Å². The Hall–Kier alpha value is -1.84. The van der Waals surface area contributed by atoms with Gasteiger partial charge in [0.05, 0.1) is 5.56 Å². The lowest BCUT2D eigenvalue weighted by Crippen LogP contribution is -2.08. The Morgan fingerprint density at radius 3 is 2.68 bits per heavy atom. The largest absolute Gasteiger partial charge is 0.380 e. The minimum absolute atomic E-state index is 0.504. The molecule has 98 valence electrons. The molecule has 2 saturated carbocycles. The molecule has 19 heavy (non-hydrogen) atoms. The normalized spacial score (nSPS) is 28.9. The van der Waals surface area contributed by atoms with Crippen LogP contribution in [0.1, 0.15) is 37.4 Å².